The molecule has 0 unspecified atom stereocenters. The molecule has 0 aromatic heterocycles. The summed E-state index contributed by atoms with van der Waals surface area (Å²) in [5.41, 5.74) is 2.46. The van der Waals surface area contributed by atoms with Crippen LogP contribution in [0, 0.1) is 5.92 Å². The molecule has 3 nitrogen and oxygen atoms in total. The zero-order valence-corrected chi connectivity index (χ0v) is 12.1. The Morgan fingerprint density at radius 1 is 1.37 bits per heavy atom. The van der Waals surface area contributed by atoms with Crippen LogP contribution in [0.15, 0.2) is 12.1 Å². The number of nitrogens with zero attached hydrogens (tertiary/aromatic N) is 1. The maximum atomic E-state index is 6.19. The summed E-state index contributed by atoms with van der Waals surface area (Å²) >= 11 is 6.19. The third-order valence-corrected chi connectivity index (χ3v) is 4.08. The van der Waals surface area contributed by atoms with E-state index < -0.39 is 0 Å². The largest absolute Gasteiger partial charge is 0.493 e. The molecule has 0 bridgehead atoms. The van der Waals surface area contributed by atoms with Gasteiger partial charge in [0.25, 0.3) is 0 Å². The molecule has 19 heavy (non-hydrogen) atoms. The van der Waals surface area contributed by atoms with Crippen LogP contribution in [0.3, 0.4) is 0 Å². The van der Waals surface area contributed by atoms with Gasteiger partial charge >= 0.3 is 0 Å². The van der Waals surface area contributed by atoms with Gasteiger partial charge in [-0.05, 0) is 37.1 Å². The van der Waals surface area contributed by atoms with Gasteiger partial charge in [-0.3, -0.25) is 0 Å². The molecule has 0 saturated carbocycles. The zero-order chi connectivity index (χ0) is 13.2. The minimum absolute atomic E-state index is 0.665. The van der Waals surface area contributed by atoms with Crippen molar-refractivity contribution in [2.75, 3.05) is 33.4 Å². The molecule has 0 N–H and O–H groups in total. The Morgan fingerprint density at radius 2 is 2.26 bits per heavy atom. The maximum absolute atomic E-state index is 6.19. The summed E-state index contributed by atoms with van der Waals surface area (Å²) in [6.07, 6.45) is 2.15. The first kappa shape index (κ1) is 13.2. The van der Waals surface area contributed by atoms with E-state index in [0.717, 1.165) is 50.1 Å². The van der Waals surface area contributed by atoms with Crippen molar-refractivity contribution in [3.05, 3.63) is 28.3 Å². The van der Waals surface area contributed by atoms with Crippen LogP contribution in [0.25, 0.3) is 0 Å². The third kappa shape index (κ3) is 3.04. The summed E-state index contributed by atoms with van der Waals surface area (Å²) in [7, 11) is 2.15. The quantitative estimate of drug-likeness (QED) is 0.847. The van der Waals surface area contributed by atoms with Gasteiger partial charge in [-0.25, -0.2) is 0 Å². The molecule has 2 heterocycles. The molecule has 0 amide bonds. The summed E-state index contributed by atoms with van der Waals surface area (Å²) in [4.78, 5) is 2.34. The average Bonchev–Trinajstić information content (AvgIpc) is 2.99. The Kier molecular flexibility index (Phi) is 3.96. The third-order valence-electron chi connectivity index (χ3n) is 3.86. The van der Waals surface area contributed by atoms with Crippen LogP contribution in [0.1, 0.15) is 17.5 Å². The lowest BCUT2D eigenvalue weighted by atomic mass is 10.1. The van der Waals surface area contributed by atoms with E-state index in [2.05, 4.69) is 11.9 Å². The normalized spacial score (nSPS) is 21.7. The molecule has 104 valence electrons. The molecule has 0 spiro atoms. The molecule has 0 radical (unpaired) electrons. The molecule has 1 atom stereocenters. The van der Waals surface area contributed by atoms with Gasteiger partial charge in [-0.15, -0.1) is 0 Å². The lowest BCUT2D eigenvalue weighted by Gasteiger charge is -2.21. The fourth-order valence-corrected chi connectivity index (χ4v) is 3.25. The van der Waals surface area contributed by atoms with Gasteiger partial charge < -0.3 is 14.4 Å². The molecule has 1 aromatic carbocycles. The fraction of sp³-hybridized carbons (Fsp3) is 0.600. The fourth-order valence-electron chi connectivity index (χ4n) is 2.99. The first-order valence-electron chi connectivity index (χ1n) is 6.93. The molecular formula is C15H20ClNO2. The Hall–Kier alpha value is -0.770. The molecule has 2 aliphatic rings. The van der Waals surface area contributed by atoms with E-state index in [1.54, 1.807) is 0 Å². The van der Waals surface area contributed by atoms with Gasteiger partial charge in [0.05, 0.1) is 13.2 Å². The van der Waals surface area contributed by atoms with Gasteiger partial charge in [-0.2, -0.15) is 0 Å². The van der Waals surface area contributed by atoms with Gasteiger partial charge in [-0.1, -0.05) is 11.6 Å². The van der Waals surface area contributed by atoms with Crippen molar-refractivity contribution in [1.82, 2.24) is 4.90 Å². The van der Waals surface area contributed by atoms with Crippen molar-refractivity contribution < 1.29 is 9.47 Å². The number of benzene rings is 1. The minimum atomic E-state index is 0.665. The van der Waals surface area contributed by atoms with Gasteiger partial charge in [0, 0.05) is 36.7 Å². The number of fused-ring (bicyclic) bond motifs is 1. The number of hydrogen-bond acceptors (Lipinski definition) is 3. The number of ether oxygens (including phenoxy) is 2. The highest BCUT2D eigenvalue weighted by atomic mass is 35.5. The summed E-state index contributed by atoms with van der Waals surface area (Å²) in [6.45, 7) is 4.55. The molecule has 1 aromatic rings. The monoisotopic (exact) mass is 281 g/mol. The van der Waals surface area contributed by atoms with Crippen molar-refractivity contribution in [1.29, 1.82) is 0 Å². The molecule has 2 aliphatic heterocycles. The van der Waals surface area contributed by atoms with Gasteiger partial charge in [0.2, 0.25) is 0 Å². The first-order valence-corrected chi connectivity index (χ1v) is 7.30. The Morgan fingerprint density at radius 3 is 3.05 bits per heavy atom. The second kappa shape index (κ2) is 5.70. The average molecular weight is 282 g/mol. The van der Waals surface area contributed by atoms with Crippen LogP contribution in [0.4, 0.5) is 0 Å². The molecule has 1 fully saturated rings. The number of rotatable bonds is 4. The van der Waals surface area contributed by atoms with E-state index in [4.69, 9.17) is 21.1 Å². The van der Waals surface area contributed by atoms with Crippen molar-refractivity contribution in [3.8, 4) is 5.75 Å². The van der Waals surface area contributed by atoms with Crippen molar-refractivity contribution in [3.63, 3.8) is 0 Å². The summed E-state index contributed by atoms with van der Waals surface area (Å²) < 4.78 is 11.2. The second-order valence-corrected chi connectivity index (χ2v) is 6.01. The molecule has 0 aliphatic carbocycles. The predicted octanol–water partition coefficient (Wildman–Crippen LogP) is 2.74. The molecule has 1 saturated heterocycles. The Bertz CT molecular complexity index is 458. The summed E-state index contributed by atoms with van der Waals surface area (Å²) in [6, 6.07) is 4.06. The Balaban J connectivity index is 1.68. The van der Waals surface area contributed by atoms with Crippen molar-refractivity contribution in [2.24, 2.45) is 5.92 Å². The van der Waals surface area contributed by atoms with Crippen molar-refractivity contribution in [2.45, 2.75) is 19.4 Å². The smallest absolute Gasteiger partial charge is 0.127 e. The second-order valence-electron chi connectivity index (χ2n) is 5.58. The van der Waals surface area contributed by atoms with E-state index in [9.17, 15) is 0 Å². The maximum Gasteiger partial charge on any atom is 0.127 e. The lowest BCUT2D eigenvalue weighted by Crippen LogP contribution is -2.25. The molecule has 3 rings (SSSR count). The van der Waals surface area contributed by atoms with Crippen LogP contribution < -0.4 is 4.74 Å². The Labute approximate surface area is 119 Å². The van der Waals surface area contributed by atoms with Crippen LogP contribution in [-0.2, 0) is 17.7 Å². The summed E-state index contributed by atoms with van der Waals surface area (Å²) in [5, 5.41) is 0.817. The minimum Gasteiger partial charge on any atom is -0.493 e. The van der Waals surface area contributed by atoms with E-state index >= 15 is 0 Å². The highest BCUT2D eigenvalue weighted by molar-refractivity contribution is 6.30. The highest BCUT2D eigenvalue weighted by Crippen LogP contribution is 2.33. The lowest BCUT2D eigenvalue weighted by molar-refractivity contribution is 0.172. The van der Waals surface area contributed by atoms with Gasteiger partial charge in [0.1, 0.15) is 5.75 Å². The van der Waals surface area contributed by atoms with E-state index in [1.165, 1.54) is 17.5 Å². The highest BCUT2D eigenvalue weighted by Gasteiger charge is 2.21. The van der Waals surface area contributed by atoms with E-state index in [1.807, 2.05) is 12.1 Å². The zero-order valence-electron chi connectivity index (χ0n) is 11.3. The first-order chi connectivity index (χ1) is 9.22. The molecule has 4 heteroatoms. The van der Waals surface area contributed by atoms with E-state index in [-0.39, 0.29) is 0 Å². The van der Waals surface area contributed by atoms with Crippen LogP contribution >= 0.6 is 11.6 Å². The topological polar surface area (TPSA) is 21.7 Å². The number of halogens is 1. The van der Waals surface area contributed by atoms with Crippen LogP contribution in [0.2, 0.25) is 5.02 Å². The summed E-state index contributed by atoms with van der Waals surface area (Å²) in [5.74, 6) is 1.72. The number of hydrogen-bond donors (Lipinski definition) is 0. The predicted molar refractivity (Wildman–Crippen MR) is 75.9 cm³/mol. The van der Waals surface area contributed by atoms with Crippen LogP contribution in [-0.4, -0.2) is 38.3 Å². The SMILES string of the molecule is CN(Cc1cc(Cl)cc2c1OCC2)C[C@@H]1CCOC1. The van der Waals surface area contributed by atoms with Crippen molar-refractivity contribution >= 4 is 11.6 Å². The van der Waals surface area contributed by atoms with Gasteiger partial charge in [0.15, 0.2) is 0 Å². The molecular weight excluding hydrogens is 262 g/mol. The van der Waals surface area contributed by atoms with Crippen LogP contribution in [0.5, 0.6) is 5.75 Å². The standard InChI is InChI=1S/C15H20ClNO2/c1-17(8-11-2-4-18-10-11)9-13-7-14(16)6-12-3-5-19-15(12)13/h6-7,11H,2-5,8-10H2,1H3/t11-/m0/s1. The van der Waals surface area contributed by atoms with E-state index in [0.29, 0.717) is 5.92 Å².